The normalized spacial score (nSPS) is 13.1. The van der Waals surface area contributed by atoms with Crippen LogP contribution in [-0.2, 0) is 6.54 Å². The molecule has 0 unspecified atom stereocenters. The van der Waals surface area contributed by atoms with Crippen LogP contribution in [0.4, 0.5) is 5.95 Å². The van der Waals surface area contributed by atoms with Gasteiger partial charge in [0.1, 0.15) is 5.39 Å². The molecule has 0 saturated heterocycles. The lowest BCUT2D eigenvalue weighted by atomic mass is 10.1. The van der Waals surface area contributed by atoms with E-state index < -0.39 is 0 Å². The van der Waals surface area contributed by atoms with Gasteiger partial charge in [-0.05, 0) is 18.1 Å². The first-order chi connectivity index (χ1) is 11.8. The van der Waals surface area contributed by atoms with Crippen molar-refractivity contribution >= 4 is 22.7 Å². The fraction of sp³-hybridized carbons (Fsp3) is 0.278. The number of hydrogen-bond acceptors (Lipinski definition) is 4. The van der Waals surface area contributed by atoms with E-state index in [4.69, 9.17) is 0 Å². The molecule has 1 aliphatic heterocycles. The second-order valence-electron chi connectivity index (χ2n) is 5.88. The SMILES string of the molecule is CCCCNc1nc(=O)c2cnn3c2n1CC=C3c1ccccc1. The minimum atomic E-state index is -0.235. The highest BCUT2D eigenvalue weighted by Crippen LogP contribution is 2.26. The van der Waals surface area contributed by atoms with E-state index in [-0.39, 0.29) is 5.56 Å². The molecular formula is C18H19N5O. The van der Waals surface area contributed by atoms with E-state index in [9.17, 15) is 4.79 Å². The van der Waals surface area contributed by atoms with E-state index >= 15 is 0 Å². The zero-order chi connectivity index (χ0) is 16.5. The van der Waals surface area contributed by atoms with E-state index in [0.29, 0.717) is 17.9 Å². The predicted molar refractivity (Wildman–Crippen MR) is 95.0 cm³/mol. The predicted octanol–water partition coefficient (Wildman–Crippen LogP) is 2.71. The van der Waals surface area contributed by atoms with E-state index in [0.717, 1.165) is 36.3 Å². The molecule has 0 saturated carbocycles. The van der Waals surface area contributed by atoms with Crippen LogP contribution >= 0.6 is 0 Å². The van der Waals surface area contributed by atoms with Gasteiger partial charge in [0.15, 0.2) is 5.65 Å². The number of rotatable bonds is 5. The Morgan fingerprint density at radius 2 is 2.08 bits per heavy atom. The number of unbranched alkanes of at least 4 members (excludes halogenated alkanes) is 1. The Labute approximate surface area is 139 Å². The molecule has 6 heteroatoms. The molecule has 0 amide bonds. The molecule has 0 bridgehead atoms. The maximum Gasteiger partial charge on any atom is 0.285 e. The third kappa shape index (κ3) is 2.31. The summed E-state index contributed by atoms with van der Waals surface area (Å²) in [7, 11) is 0. The average Bonchev–Trinajstić information content (AvgIpc) is 3.06. The van der Waals surface area contributed by atoms with Gasteiger partial charge in [0.05, 0.1) is 11.9 Å². The van der Waals surface area contributed by atoms with Crippen molar-refractivity contribution in [2.24, 2.45) is 0 Å². The molecule has 3 heterocycles. The Balaban J connectivity index is 1.85. The molecule has 0 spiro atoms. The smallest absolute Gasteiger partial charge is 0.285 e. The van der Waals surface area contributed by atoms with Crippen LogP contribution in [0.3, 0.4) is 0 Å². The second kappa shape index (κ2) is 5.96. The third-order valence-corrected chi connectivity index (χ3v) is 4.27. The lowest BCUT2D eigenvalue weighted by Crippen LogP contribution is -2.23. The zero-order valence-corrected chi connectivity index (χ0v) is 13.6. The van der Waals surface area contributed by atoms with Crippen molar-refractivity contribution in [1.82, 2.24) is 19.3 Å². The Bertz CT molecular complexity index is 968. The van der Waals surface area contributed by atoms with Crippen LogP contribution in [0.15, 0.2) is 47.4 Å². The van der Waals surface area contributed by atoms with Crippen LogP contribution in [0.25, 0.3) is 16.7 Å². The van der Waals surface area contributed by atoms with E-state index in [1.54, 1.807) is 6.20 Å². The summed E-state index contributed by atoms with van der Waals surface area (Å²) in [5.41, 5.74) is 2.64. The van der Waals surface area contributed by atoms with Gasteiger partial charge in [0.2, 0.25) is 5.95 Å². The summed E-state index contributed by atoms with van der Waals surface area (Å²) in [4.78, 5) is 16.5. The summed E-state index contributed by atoms with van der Waals surface area (Å²) in [6.45, 7) is 3.60. The standard InChI is InChI=1S/C18H19N5O/c1-2-3-10-19-18-21-16(24)14-12-20-23-15(9-11-22(18)17(14)23)13-7-5-4-6-8-13/h4-9,12H,2-3,10-11H2,1H3,(H,19,21,24). The van der Waals surface area contributed by atoms with Crippen molar-refractivity contribution in [1.29, 1.82) is 0 Å². The van der Waals surface area contributed by atoms with Gasteiger partial charge in [-0.15, -0.1) is 0 Å². The third-order valence-electron chi connectivity index (χ3n) is 4.27. The average molecular weight is 321 g/mol. The maximum absolute atomic E-state index is 12.3. The van der Waals surface area contributed by atoms with Crippen molar-refractivity contribution in [3.8, 4) is 0 Å². The Morgan fingerprint density at radius 3 is 2.88 bits per heavy atom. The van der Waals surface area contributed by atoms with Crippen LogP contribution < -0.4 is 10.9 Å². The molecule has 4 rings (SSSR count). The van der Waals surface area contributed by atoms with Gasteiger partial charge in [-0.1, -0.05) is 43.7 Å². The molecule has 0 fully saturated rings. The number of benzene rings is 1. The summed E-state index contributed by atoms with van der Waals surface area (Å²) >= 11 is 0. The molecule has 3 aromatic rings. The number of aromatic nitrogens is 4. The molecule has 24 heavy (non-hydrogen) atoms. The highest BCUT2D eigenvalue weighted by molar-refractivity contribution is 5.83. The molecule has 0 atom stereocenters. The lowest BCUT2D eigenvalue weighted by Gasteiger charge is -2.21. The minimum absolute atomic E-state index is 0.235. The van der Waals surface area contributed by atoms with Crippen LogP contribution in [0.2, 0.25) is 0 Å². The topological polar surface area (TPSA) is 64.7 Å². The number of hydrogen-bond donors (Lipinski definition) is 1. The lowest BCUT2D eigenvalue weighted by molar-refractivity contribution is 0.742. The highest BCUT2D eigenvalue weighted by Gasteiger charge is 2.21. The van der Waals surface area contributed by atoms with Crippen LogP contribution in [0.5, 0.6) is 0 Å². The molecule has 1 aromatic carbocycles. The number of nitrogens with zero attached hydrogens (tertiary/aromatic N) is 4. The Kier molecular flexibility index (Phi) is 3.65. The van der Waals surface area contributed by atoms with Crippen LogP contribution in [0.1, 0.15) is 25.3 Å². The van der Waals surface area contributed by atoms with Gasteiger partial charge in [-0.2, -0.15) is 10.1 Å². The van der Waals surface area contributed by atoms with Crippen molar-refractivity contribution in [3.63, 3.8) is 0 Å². The Hall–Kier alpha value is -2.89. The fourth-order valence-corrected chi connectivity index (χ4v) is 3.04. The fourth-order valence-electron chi connectivity index (χ4n) is 3.04. The molecule has 122 valence electrons. The first-order valence-electron chi connectivity index (χ1n) is 8.28. The molecule has 6 nitrogen and oxygen atoms in total. The minimum Gasteiger partial charge on any atom is -0.355 e. The molecule has 2 aromatic heterocycles. The number of allylic oxidation sites excluding steroid dienone is 1. The summed E-state index contributed by atoms with van der Waals surface area (Å²) < 4.78 is 3.86. The first-order valence-corrected chi connectivity index (χ1v) is 8.28. The molecule has 1 N–H and O–H groups in total. The van der Waals surface area contributed by atoms with Crippen molar-refractivity contribution < 1.29 is 0 Å². The van der Waals surface area contributed by atoms with E-state index in [2.05, 4.69) is 40.5 Å². The van der Waals surface area contributed by atoms with Gasteiger partial charge in [-0.25, -0.2) is 4.68 Å². The van der Waals surface area contributed by atoms with E-state index in [1.807, 2.05) is 27.4 Å². The number of anilines is 1. The highest BCUT2D eigenvalue weighted by atomic mass is 16.1. The molecule has 0 aliphatic carbocycles. The van der Waals surface area contributed by atoms with Gasteiger partial charge < -0.3 is 5.32 Å². The second-order valence-corrected chi connectivity index (χ2v) is 5.88. The summed E-state index contributed by atoms with van der Waals surface area (Å²) in [6.07, 6.45) is 5.86. The van der Waals surface area contributed by atoms with Gasteiger partial charge in [0, 0.05) is 13.1 Å². The van der Waals surface area contributed by atoms with Crippen molar-refractivity contribution in [3.05, 3.63) is 58.5 Å². The first kappa shape index (κ1) is 14.7. The van der Waals surface area contributed by atoms with Crippen molar-refractivity contribution in [2.75, 3.05) is 11.9 Å². The van der Waals surface area contributed by atoms with Gasteiger partial charge >= 0.3 is 0 Å². The largest absolute Gasteiger partial charge is 0.355 e. The van der Waals surface area contributed by atoms with Gasteiger partial charge in [0.25, 0.3) is 5.56 Å². The maximum atomic E-state index is 12.3. The monoisotopic (exact) mass is 321 g/mol. The van der Waals surface area contributed by atoms with Crippen LogP contribution in [-0.4, -0.2) is 25.9 Å². The van der Waals surface area contributed by atoms with Crippen LogP contribution in [0, 0.1) is 0 Å². The summed E-state index contributed by atoms with van der Waals surface area (Å²) in [5, 5.41) is 8.28. The van der Waals surface area contributed by atoms with Gasteiger partial charge in [-0.3, -0.25) is 9.36 Å². The van der Waals surface area contributed by atoms with E-state index in [1.165, 1.54) is 0 Å². The number of nitrogens with one attached hydrogen (secondary N) is 1. The molecule has 1 aliphatic rings. The summed E-state index contributed by atoms with van der Waals surface area (Å²) in [5.74, 6) is 0.617. The quantitative estimate of drug-likeness (QED) is 0.734. The molecular weight excluding hydrogens is 302 g/mol. The zero-order valence-electron chi connectivity index (χ0n) is 13.6. The Morgan fingerprint density at radius 1 is 1.25 bits per heavy atom. The van der Waals surface area contributed by atoms with Crippen molar-refractivity contribution in [2.45, 2.75) is 26.3 Å². The molecule has 0 radical (unpaired) electrons. The summed E-state index contributed by atoms with van der Waals surface area (Å²) in [6, 6.07) is 10.1.